The molecule has 1 N–H and O–H groups in total. The van der Waals surface area contributed by atoms with Crippen LogP contribution < -0.4 is 4.90 Å². The second kappa shape index (κ2) is 9.45. The van der Waals surface area contributed by atoms with Gasteiger partial charge in [0, 0.05) is 51.4 Å². The summed E-state index contributed by atoms with van der Waals surface area (Å²) < 4.78 is 32.4. The lowest BCUT2D eigenvalue weighted by Gasteiger charge is -2.33. The van der Waals surface area contributed by atoms with E-state index in [9.17, 15) is 13.5 Å². The van der Waals surface area contributed by atoms with Gasteiger partial charge in [-0.15, -0.1) is 0 Å². The maximum atomic E-state index is 11.8. The van der Waals surface area contributed by atoms with Crippen molar-refractivity contribution in [3.05, 3.63) is 30.5 Å². The summed E-state index contributed by atoms with van der Waals surface area (Å²) >= 11 is 0. The van der Waals surface area contributed by atoms with Crippen molar-refractivity contribution in [2.75, 3.05) is 70.2 Å². The summed E-state index contributed by atoms with van der Waals surface area (Å²) in [4.78, 5) is 14.1. The summed E-state index contributed by atoms with van der Waals surface area (Å²) in [5.41, 5.74) is 2.28. The monoisotopic (exact) mass is 487 g/mol. The first-order valence-electron chi connectivity index (χ1n) is 11.4. The summed E-state index contributed by atoms with van der Waals surface area (Å²) in [5, 5.41) is 15.5. The van der Waals surface area contributed by atoms with Gasteiger partial charge in [0.15, 0.2) is 5.65 Å². The Labute approximate surface area is 198 Å². The van der Waals surface area contributed by atoms with E-state index in [1.807, 2.05) is 10.7 Å². The number of piperazine rings is 1. The van der Waals surface area contributed by atoms with Crippen molar-refractivity contribution in [1.29, 1.82) is 0 Å². The Hall–Kier alpha value is -2.80. The maximum absolute atomic E-state index is 11.8. The standard InChI is InChI=1S/C22H29N7O4S/c1-34(31,32)28-8-5-26(6-9-28)7-10-29-21-19(16-23-29)20(17-3-2-4-18(30)15-17)24-22(25-21)27-11-13-33-14-12-27/h2-4,15-16,30H,5-14H2,1H3. The molecule has 2 aliphatic rings. The van der Waals surface area contributed by atoms with Crippen LogP contribution in [0, 0.1) is 0 Å². The van der Waals surface area contributed by atoms with E-state index in [-0.39, 0.29) is 5.75 Å². The molecule has 0 aliphatic carbocycles. The number of nitrogens with zero attached hydrogens (tertiary/aromatic N) is 7. The quantitative estimate of drug-likeness (QED) is 0.534. The van der Waals surface area contributed by atoms with E-state index < -0.39 is 10.0 Å². The zero-order valence-electron chi connectivity index (χ0n) is 19.2. The second-order valence-electron chi connectivity index (χ2n) is 8.63. The number of morpholine rings is 1. The lowest BCUT2D eigenvalue weighted by Crippen LogP contribution is -2.48. The zero-order valence-corrected chi connectivity index (χ0v) is 20.0. The van der Waals surface area contributed by atoms with Crippen molar-refractivity contribution >= 4 is 27.0 Å². The third-order valence-electron chi connectivity index (χ3n) is 6.33. The van der Waals surface area contributed by atoms with Crippen LogP contribution in [-0.4, -0.2) is 108 Å². The van der Waals surface area contributed by atoms with Crippen LogP contribution in [0.3, 0.4) is 0 Å². The van der Waals surface area contributed by atoms with Gasteiger partial charge < -0.3 is 14.7 Å². The fraction of sp³-hybridized carbons (Fsp3) is 0.500. The maximum Gasteiger partial charge on any atom is 0.228 e. The molecule has 2 fully saturated rings. The highest BCUT2D eigenvalue weighted by atomic mass is 32.2. The predicted molar refractivity (Wildman–Crippen MR) is 128 cm³/mol. The summed E-state index contributed by atoms with van der Waals surface area (Å²) in [6, 6.07) is 7.05. The van der Waals surface area contributed by atoms with E-state index in [1.54, 1.807) is 24.4 Å². The van der Waals surface area contributed by atoms with Gasteiger partial charge in [-0.1, -0.05) is 12.1 Å². The van der Waals surface area contributed by atoms with E-state index in [4.69, 9.17) is 14.7 Å². The minimum absolute atomic E-state index is 0.179. The van der Waals surface area contributed by atoms with Gasteiger partial charge in [-0.25, -0.2) is 18.1 Å². The van der Waals surface area contributed by atoms with Gasteiger partial charge in [-0.05, 0) is 12.1 Å². The van der Waals surface area contributed by atoms with Crippen LogP contribution in [0.2, 0.25) is 0 Å². The zero-order chi connectivity index (χ0) is 23.7. The molecule has 34 heavy (non-hydrogen) atoms. The van der Waals surface area contributed by atoms with Crippen molar-refractivity contribution in [2.24, 2.45) is 0 Å². The van der Waals surface area contributed by atoms with Crippen molar-refractivity contribution in [1.82, 2.24) is 29.0 Å². The predicted octanol–water partition coefficient (Wildman–Crippen LogP) is 0.613. The van der Waals surface area contributed by atoms with E-state index in [2.05, 4.69) is 14.9 Å². The van der Waals surface area contributed by atoms with Crippen LogP contribution in [0.25, 0.3) is 22.3 Å². The van der Waals surface area contributed by atoms with Crippen LogP contribution in [0.1, 0.15) is 0 Å². The molecule has 2 saturated heterocycles. The van der Waals surface area contributed by atoms with Crippen LogP contribution in [0.4, 0.5) is 5.95 Å². The number of aromatic hydroxyl groups is 1. The molecule has 0 radical (unpaired) electrons. The Balaban J connectivity index is 1.42. The SMILES string of the molecule is CS(=O)(=O)N1CCN(CCn2ncc3c(-c4cccc(O)c4)nc(N4CCOCC4)nc32)CC1. The Morgan fingerprint density at radius 1 is 1.03 bits per heavy atom. The number of hydrogen-bond acceptors (Lipinski definition) is 9. The van der Waals surface area contributed by atoms with E-state index >= 15 is 0 Å². The average molecular weight is 488 g/mol. The third kappa shape index (κ3) is 4.85. The first-order chi connectivity index (χ1) is 16.4. The van der Waals surface area contributed by atoms with E-state index in [1.165, 1.54) is 10.6 Å². The Morgan fingerprint density at radius 3 is 2.50 bits per heavy atom. The second-order valence-corrected chi connectivity index (χ2v) is 10.6. The van der Waals surface area contributed by atoms with Gasteiger partial charge in [0.1, 0.15) is 5.75 Å². The molecule has 0 saturated carbocycles. The molecule has 0 amide bonds. The Morgan fingerprint density at radius 2 is 1.79 bits per heavy atom. The first-order valence-corrected chi connectivity index (χ1v) is 13.3. The van der Waals surface area contributed by atoms with Crippen molar-refractivity contribution in [2.45, 2.75) is 6.54 Å². The molecule has 12 heteroatoms. The normalized spacial score (nSPS) is 18.6. The van der Waals surface area contributed by atoms with Gasteiger partial charge in [-0.2, -0.15) is 14.4 Å². The number of anilines is 1. The molecule has 4 heterocycles. The molecule has 5 rings (SSSR count). The number of phenols is 1. The Kier molecular flexibility index (Phi) is 6.38. The molecule has 1 aromatic carbocycles. The number of phenolic OH excluding ortho intramolecular Hbond substituents is 1. The van der Waals surface area contributed by atoms with Gasteiger partial charge in [0.25, 0.3) is 0 Å². The lowest BCUT2D eigenvalue weighted by atomic mass is 10.1. The van der Waals surface area contributed by atoms with Gasteiger partial charge >= 0.3 is 0 Å². The number of rotatable bonds is 6. The van der Waals surface area contributed by atoms with Gasteiger partial charge in [-0.3, -0.25) is 4.90 Å². The third-order valence-corrected chi connectivity index (χ3v) is 7.63. The minimum atomic E-state index is -3.15. The highest BCUT2D eigenvalue weighted by Gasteiger charge is 2.24. The molecule has 0 spiro atoms. The summed E-state index contributed by atoms with van der Waals surface area (Å²) in [7, 11) is -3.15. The number of benzene rings is 1. The summed E-state index contributed by atoms with van der Waals surface area (Å²) in [6.45, 7) is 6.43. The van der Waals surface area contributed by atoms with Gasteiger partial charge in [0.2, 0.25) is 16.0 Å². The number of fused-ring (bicyclic) bond motifs is 1. The smallest absolute Gasteiger partial charge is 0.228 e. The number of sulfonamides is 1. The summed E-state index contributed by atoms with van der Waals surface area (Å²) in [6.07, 6.45) is 3.04. The molecule has 182 valence electrons. The van der Waals surface area contributed by atoms with Crippen LogP contribution in [-0.2, 0) is 21.3 Å². The highest BCUT2D eigenvalue weighted by Crippen LogP contribution is 2.30. The lowest BCUT2D eigenvalue weighted by molar-refractivity contribution is 0.122. The summed E-state index contributed by atoms with van der Waals surface area (Å²) in [5.74, 6) is 0.801. The molecule has 0 bridgehead atoms. The number of ether oxygens (including phenoxy) is 1. The van der Waals surface area contributed by atoms with Crippen LogP contribution in [0.5, 0.6) is 5.75 Å². The van der Waals surface area contributed by atoms with E-state index in [0.29, 0.717) is 65.0 Å². The molecule has 2 aromatic heterocycles. The van der Waals surface area contributed by atoms with Crippen molar-refractivity contribution < 1.29 is 18.3 Å². The van der Waals surface area contributed by atoms with Crippen molar-refractivity contribution in [3.63, 3.8) is 0 Å². The number of hydrogen-bond donors (Lipinski definition) is 1. The van der Waals surface area contributed by atoms with Gasteiger partial charge in [0.05, 0.1) is 43.3 Å². The molecule has 0 atom stereocenters. The largest absolute Gasteiger partial charge is 0.508 e. The molecular formula is C22H29N7O4S. The first kappa shape index (κ1) is 23.0. The van der Waals surface area contributed by atoms with Crippen LogP contribution in [0.15, 0.2) is 30.5 Å². The minimum Gasteiger partial charge on any atom is -0.508 e. The average Bonchev–Trinajstić information content (AvgIpc) is 3.25. The molecule has 11 nitrogen and oxygen atoms in total. The fourth-order valence-corrected chi connectivity index (χ4v) is 5.23. The molecular weight excluding hydrogens is 458 g/mol. The molecule has 3 aromatic rings. The Bertz CT molecular complexity index is 1270. The van der Waals surface area contributed by atoms with Crippen LogP contribution >= 0.6 is 0 Å². The number of aromatic nitrogens is 4. The molecule has 0 unspecified atom stereocenters. The molecule has 2 aliphatic heterocycles. The highest BCUT2D eigenvalue weighted by molar-refractivity contribution is 7.88. The van der Waals surface area contributed by atoms with Crippen molar-refractivity contribution in [3.8, 4) is 17.0 Å². The topological polar surface area (TPSA) is 117 Å². The fourth-order valence-electron chi connectivity index (χ4n) is 4.41. The van der Waals surface area contributed by atoms with E-state index in [0.717, 1.165) is 28.8 Å².